The predicted molar refractivity (Wildman–Crippen MR) is 144 cm³/mol. The molecule has 5 rings (SSSR count). The average molecular weight is 535 g/mol. The molecule has 1 aliphatic rings. The summed E-state index contributed by atoms with van der Waals surface area (Å²) in [4.78, 5) is 44.8. The lowest BCUT2D eigenvalue weighted by Gasteiger charge is -2.31. The molecule has 1 aliphatic carbocycles. The molecule has 2 aromatic carbocycles. The van der Waals surface area contributed by atoms with Crippen molar-refractivity contribution in [2.75, 3.05) is 6.26 Å². The summed E-state index contributed by atoms with van der Waals surface area (Å²) in [6.45, 7) is 0. The summed E-state index contributed by atoms with van der Waals surface area (Å²) in [5.74, 6) is -1.15. The SMILES string of the molecule is CSc1cccc(-n2c(=O)n(C3CCC(NC(=O)[C@@H](O)c4ccccc4)CC3)c(=O)c3cc(F)cnc32)c1. The number of halogens is 1. The van der Waals surface area contributed by atoms with Crippen LogP contribution < -0.4 is 16.6 Å². The molecule has 0 bridgehead atoms. The molecule has 1 amide bonds. The summed E-state index contributed by atoms with van der Waals surface area (Å²) < 4.78 is 16.7. The highest BCUT2D eigenvalue weighted by Crippen LogP contribution is 2.28. The monoisotopic (exact) mass is 534 g/mol. The van der Waals surface area contributed by atoms with Gasteiger partial charge < -0.3 is 10.4 Å². The third-order valence-corrected chi connectivity index (χ3v) is 7.70. The van der Waals surface area contributed by atoms with Crippen LogP contribution in [0.4, 0.5) is 4.39 Å². The van der Waals surface area contributed by atoms with Gasteiger partial charge in [-0.25, -0.2) is 18.7 Å². The van der Waals surface area contributed by atoms with Gasteiger partial charge in [-0.1, -0.05) is 36.4 Å². The number of hydrogen-bond acceptors (Lipinski definition) is 6. The number of rotatable bonds is 6. The van der Waals surface area contributed by atoms with E-state index in [9.17, 15) is 23.9 Å². The number of nitrogens with zero attached hydrogens (tertiary/aromatic N) is 3. The number of amides is 1. The van der Waals surface area contributed by atoms with Gasteiger partial charge in [0.25, 0.3) is 11.5 Å². The largest absolute Gasteiger partial charge is 0.378 e. The summed E-state index contributed by atoms with van der Waals surface area (Å²) in [7, 11) is 0. The van der Waals surface area contributed by atoms with Crippen molar-refractivity contribution in [1.82, 2.24) is 19.4 Å². The number of pyridine rings is 1. The Hall–Kier alpha value is -3.76. The topological polar surface area (TPSA) is 106 Å². The van der Waals surface area contributed by atoms with Gasteiger partial charge in [-0.3, -0.25) is 14.2 Å². The molecule has 4 aromatic rings. The van der Waals surface area contributed by atoms with Gasteiger partial charge in [-0.05, 0) is 61.8 Å². The first-order chi connectivity index (χ1) is 18.4. The minimum Gasteiger partial charge on any atom is -0.378 e. The van der Waals surface area contributed by atoms with Crippen molar-refractivity contribution in [3.05, 3.63) is 99.1 Å². The van der Waals surface area contributed by atoms with Gasteiger partial charge in [0.1, 0.15) is 5.82 Å². The van der Waals surface area contributed by atoms with Gasteiger partial charge in [0.2, 0.25) is 0 Å². The quantitative estimate of drug-likeness (QED) is 0.365. The summed E-state index contributed by atoms with van der Waals surface area (Å²) in [6, 6.07) is 16.5. The molecule has 2 aromatic heterocycles. The number of aromatic nitrogens is 3. The number of benzene rings is 2. The Morgan fingerprint density at radius 3 is 2.53 bits per heavy atom. The summed E-state index contributed by atoms with van der Waals surface area (Å²) in [5, 5.41) is 13.3. The van der Waals surface area contributed by atoms with E-state index in [4.69, 9.17) is 0 Å². The number of nitrogens with one attached hydrogen (secondary N) is 1. The van der Waals surface area contributed by atoms with Gasteiger partial charge in [0.05, 0.1) is 17.3 Å². The van der Waals surface area contributed by atoms with Gasteiger partial charge in [-0.2, -0.15) is 0 Å². The molecule has 0 radical (unpaired) electrons. The molecular formula is C28H27FN4O4S. The number of carbonyl (C=O) groups is 1. The van der Waals surface area contributed by atoms with Crippen molar-refractivity contribution in [3.63, 3.8) is 0 Å². The molecule has 196 valence electrons. The third kappa shape index (κ3) is 5.01. The number of aliphatic hydroxyl groups is 1. The molecule has 0 unspecified atom stereocenters. The molecular weight excluding hydrogens is 507 g/mol. The predicted octanol–water partition coefficient (Wildman–Crippen LogP) is 3.74. The maximum Gasteiger partial charge on any atom is 0.337 e. The van der Waals surface area contributed by atoms with Crippen LogP contribution in [0.2, 0.25) is 0 Å². The first-order valence-corrected chi connectivity index (χ1v) is 13.6. The number of thioether (sulfide) groups is 1. The Morgan fingerprint density at radius 2 is 1.82 bits per heavy atom. The first-order valence-electron chi connectivity index (χ1n) is 12.4. The van der Waals surface area contributed by atoms with Crippen molar-refractivity contribution in [1.29, 1.82) is 0 Å². The van der Waals surface area contributed by atoms with E-state index in [1.165, 1.54) is 20.9 Å². The zero-order valence-electron chi connectivity index (χ0n) is 20.7. The Balaban J connectivity index is 1.44. The lowest BCUT2D eigenvalue weighted by atomic mass is 9.90. The van der Waals surface area contributed by atoms with E-state index in [1.54, 1.807) is 30.3 Å². The normalized spacial score (nSPS) is 18.3. The van der Waals surface area contributed by atoms with Crippen molar-refractivity contribution in [3.8, 4) is 5.69 Å². The molecule has 0 spiro atoms. The van der Waals surface area contributed by atoms with Crippen LogP contribution in [0.1, 0.15) is 43.4 Å². The fraction of sp³-hybridized carbons (Fsp3) is 0.286. The van der Waals surface area contributed by atoms with E-state index in [0.29, 0.717) is 36.9 Å². The highest BCUT2D eigenvalue weighted by molar-refractivity contribution is 7.98. The molecule has 10 heteroatoms. The minimum absolute atomic E-state index is 0.0283. The van der Waals surface area contributed by atoms with Crippen LogP contribution in [-0.4, -0.2) is 37.4 Å². The highest BCUT2D eigenvalue weighted by atomic mass is 32.2. The van der Waals surface area contributed by atoms with Crippen molar-refractivity contribution in [2.45, 2.75) is 48.8 Å². The fourth-order valence-electron chi connectivity index (χ4n) is 5.03. The summed E-state index contributed by atoms with van der Waals surface area (Å²) in [5.41, 5.74) is 0.0312. The van der Waals surface area contributed by atoms with Crippen LogP contribution in [0.5, 0.6) is 0 Å². The lowest BCUT2D eigenvalue weighted by molar-refractivity contribution is -0.130. The van der Waals surface area contributed by atoms with E-state index in [2.05, 4.69) is 10.3 Å². The van der Waals surface area contributed by atoms with Crippen LogP contribution >= 0.6 is 11.8 Å². The van der Waals surface area contributed by atoms with Crippen LogP contribution in [0.3, 0.4) is 0 Å². The van der Waals surface area contributed by atoms with E-state index in [0.717, 1.165) is 17.2 Å². The van der Waals surface area contributed by atoms with Crippen LogP contribution in [-0.2, 0) is 4.79 Å². The molecule has 2 heterocycles. The zero-order valence-corrected chi connectivity index (χ0v) is 21.5. The second-order valence-corrected chi connectivity index (χ2v) is 10.2. The smallest absolute Gasteiger partial charge is 0.337 e. The maximum absolute atomic E-state index is 14.1. The van der Waals surface area contributed by atoms with Gasteiger partial charge in [-0.15, -0.1) is 11.8 Å². The molecule has 0 saturated heterocycles. The zero-order chi connectivity index (χ0) is 26.8. The van der Waals surface area contributed by atoms with Gasteiger partial charge >= 0.3 is 5.69 Å². The van der Waals surface area contributed by atoms with E-state index in [-0.39, 0.29) is 17.1 Å². The van der Waals surface area contributed by atoms with Crippen molar-refractivity contribution < 1.29 is 14.3 Å². The van der Waals surface area contributed by atoms with E-state index in [1.807, 2.05) is 30.5 Å². The van der Waals surface area contributed by atoms with E-state index >= 15 is 0 Å². The minimum atomic E-state index is -1.27. The van der Waals surface area contributed by atoms with E-state index < -0.39 is 35.1 Å². The fourth-order valence-corrected chi connectivity index (χ4v) is 5.49. The Kier molecular flexibility index (Phi) is 7.44. The van der Waals surface area contributed by atoms with Crippen molar-refractivity contribution in [2.24, 2.45) is 0 Å². The second-order valence-electron chi connectivity index (χ2n) is 9.35. The Bertz CT molecular complexity index is 1600. The molecule has 8 nitrogen and oxygen atoms in total. The number of carbonyl (C=O) groups excluding carboxylic acids is 1. The summed E-state index contributed by atoms with van der Waals surface area (Å²) >= 11 is 1.52. The van der Waals surface area contributed by atoms with Crippen LogP contribution in [0, 0.1) is 5.82 Å². The lowest BCUT2D eigenvalue weighted by Crippen LogP contribution is -2.45. The first kappa shape index (κ1) is 25.9. The highest BCUT2D eigenvalue weighted by Gasteiger charge is 2.29. The summed E-state index contributed by atoms with van der Waals surface area (Å²) in [6.07, 6.45) is 3.60. The Morgan fingerprint density at radius 1 is 1.08 bits per heavy atom. The molecule has 1 fully saturated rings. The standard InChI is InChI=1S/C28H27FN4O4S/c1-38-22-9-5-8-21(15-22)32-25-23(14-18(29)16-30-25)27(36)33(28(32)37)20-12-10-19(11-13-20)31-26(35)24(34)17-6-3-2-4-7-17/h2-9,14-16,19-20,24,34H,10-13H2,1H3,(H,31,35)/t19?,20?,24-/m0/s1. The second kappa shape index (κ2) is 10.9. The van der Waals surface area contributed by atoms with Gasteiger partial charge in [0, 0.05) is 17.0 Å². The van der Waals surface area contributed by atoms with Gasteiger partial charge in [0.15, 0.2) is 11.8 Å². The van der Waals surface area contributed by atoms with Crippen LogP contribution in [0.15, 0.2) is 81.3 Å². The number of aliphatic hydroxyl groups excluding tert-OH is 1. The maximum atomic E-state index is 14.1. The number of fused-ring (bicyclic) bond motifs is 1. The number of hydrogen-bond donors (Lipinski definition) is 2. The molecule has 1 atom stereocenters. The third-order valence-electron chi connectivity index (χ3n) is 6.98. The average Bonchev–Trinajstić information content (AvgIpc) is 2.94. The molecule has 0 aliphatic heterocycles. The molecule has 38 heavy (non-hydrogen) atoms. The van der Waals surface area contributed by atoms with Crippen molar-refractivity contribution >= 4 is 28.7 Å². The van der Waals surface area contributed by atoms with Crippen LogP contribution in [0.25, 0.3) is 16.7 Å². The Labute approximate surface area is 222 Å². The molecule has 1 saturated carbocycles. The molecule has 2 N–H and O–H groups in total.